The molecule has 0 fully saturated rings. The molecule has 6 heteroatoms. The fourth-order valence-electron chi connectivity index (χ4n) is 2.48. The zero-order valence-electron chi connectivity index (χ0n) is 16.7. The van der Waals surface area contributed by atoms with E-state index in [1.807, 2.05) is 26.0 Å². The molecular weight excluding hydrogens is 370 g/mol. The fraction of sp³-hybridized carbons (Fsp3) is 0.217. The maximum atomic E-state index is 12.2. The molecule has 0 saturated heterocycles. The van der Waals surface area contributed by atoms with Gasteiger partial charge in [-0.15, -0.1) is 0 Å². The average molecular weight is 393 g/mol. The van der Waals surface area contributed by atoms with Crippen LogP contribution in [0.4, 0.5) is 0 Å². The highest BCUT2D eigenvalue weighted by molar-refractivity contribution is 5.89. The first kappa shape index (κ1) is 21.6. The van der Waals surface area contributed by atoms with Gasteiger partial charge in [-0.1, -0.05) is 12.1 Å². The number of hydrogen-bond donors (Lipinski definition) is 0. The van der Waals surface area contributed by atoms with Gasteiger partial charge in [0.1, 0.15) is 0 Å². The van der Waals surface area contributed by atoms with Gasteiger partial charge in [-0.25, -0.2) is 4.79 Å². The zero-order chi connectivity index (χ0) is 21.1. The maximum Gasteiger partial charge on any atom is 0.336 e. The van der Waals surface area contributed by atoms with Crippen molar-refractivity contribution < 1.29 is 23.7 Å². The summed E-state index contributed by atoms with van der Waals surface area (Å²) in [6, 6.07) is 12.4. The Labute approximate surface area is 170 Å². The number of nitriles is 1. The topological polar surface area (TPSA) is 77.8 Å². The highest BCUT2D eigenvalue weighted by Gasteiger charge is 2.09. The molecule has 0 amide bonds. The molecule has 0 aliphatic heterocycles. The van der Waals surface area contributed by atoms with Crippen LogP contribution in [0, 0.1) is 11.3 Å². The Balaban J connectivity index is 2.12. The molecule has 0 unspecified atom stereocenters. The van der Waals surface area contributed by atoms with Crippen LogP contribution in [0.3, 0.4) is 0 Å². The summed E-state index contributed by atoms with van der Waals surface area (Å²) in [5, 5.41) is 8.61. The van der Waals surface area contributed by atoms with Gasteiger partial charge in [-0.2, -0.15) is 5.26 Å². The maximum absolute atomic E-state index is 12.2. The Hall–Kier alpha value is -3.72. The normalized spacial score (nSPS) is 10.7. The van der Waals surface area contributed by atoms with Crippen molar-refractivity contribution in [1.29, 1.82) is 5.26 Å². The Bertz CT molecular complexity index is 941. The van der Waals surface area contributed by atoms with Crippen molar-refractivity contribution in [3.05, 3.63) is 59.7 Å². The van der Waals surface area contributed by atoms with Crippen LogP contribution < -0.4 is 18.9 Å². The largest absolute Gasteiger partial charge is 0.493 e. The summed E-state index contributed by atoms with van der Waals surface area (Å²) in [6.45, 7) is 4.84. The first-order valence-electron chi connectivity index (χ1n) is 9.15. The van der Waals surface area contributed by atoms with Gasteiger partial charge in [0.2, 0.25) is 0 Å². The Morgan fingerprint density at radius 3 is 2.21 bits per heavy atom. The van der Waals surface area contributed by atoms with Crippen LogP contribution in [0.1, 0.15) is 25.0 Å². The van der Waals surface area contributed by atoms with Crippen LogP contribution in [0.15, 0.2) is 48.6 Å². The second-order valence-corrected chi connectivity index (χ2v) is 5.70. The van der Waals surface area contributed by atoms with Crippen LogP contribution in [-0.2, 0) is 4.79 Å². The predicted molar refractivity (Wildman–Crippen MR) is 111 cm³/mol. The third-order valence-electron chi connectivity index (χ3n) is 3.73. The molecule has 2 rings (SSSR count). The predicted octanol–water partition coefficient (Wildman–Crippen LogP) is 4.65. The van der Waals surface area contributed by atoms with Gasteiger partial charge < -0.3 is 18.9 Å². The molecule has 0 bridgehead atoms. The monoisotopic (exact) mass is 393 g/mol. The average Bonchev–Trinajstić information content (AvgIpc) is 2.73. The molecule has 150 valence electrons. The zero-order valence-corrected chi connectivity index (χ0v) is 16.7. The second kappa shape index (κ2) is 11.2. The molecule has 0 radical (unpaired) electrons. The van der Waals surface area contributed by atoms with Crippen LogP contribution >= 0.6 is 0 Å². The number of nitrogens with zero attached hydrogens (tertiary/aromatic N) is 1. The third-order valence-corrected chi connectivity index (χ3v) is 3.73. The summed E-state index contributed by atoms with van der Waals surface area (Å²) in [4.78, 5) is 12.2. The van der Waals surface area contributed by atoms with E-state index in [1.54, 1.807) is 42.5 Å². The van der Waals surface area contributed by atoms with Crippen LogP contribution in [0.5, 0.6) is 23.0 Å². The van der Waals surface area contributed by atoms with Gasteiger partial charge >= 0.3 is 5.97 Å². The highest BCUT2D eigenvalue weighted by Crippen LogP contribution is 2.30. The lowest BCUT2D eigenvalue weighted by atomic mass is 10.2. The molecule has 0 aliphatic carbocycles. The summed E-state index contributed by atoms with van der Waals surface area (Å²) in [6.07, 6.45) is 5.96. The standard InChI is InChI=1S/C23H23NO5/c1-4-27-19-11-8-18(16-22(19)28-5-2)10-13-23(25)29-20-12-9-17(7-6-14-24)15-21(20)26-3/h6-13,15-16H,4-5H2,1-3H3/b7-6-,13-10+. The summed E-state index contributed by atoms with van der Waals surface area (Å²) < 4.78 is 21.7. The number of ether oxygens (including phenoxy) is 4. The first-order chi connectivity index (χ1) is 14.1. The van der Waals surface area contributed by atoms with Gasteiger partial charge in [0.15, 0.2) is 23.0 Å². The number of rotatable bonds is 9. The van der Waals surface area contributed by atoms with Gasteiger partial charge in [-0.05, 0) is 61.4 Å². The van der Waals surface area contributed by atoms with E-state index in [1.165, 1.54) is 19.3 Å². The summed E-state index contributed by atoms with van der Waals surface area (Å²) in [5.41, 5.74) is 1.54. The van der Waals surface area contributed by atoms with Crippen molar-refractivity contribution in [1.82, 2.24) is 0 Å². The molecule has 0 heterocycles. The van der Waals surface area contributed by atoms with Gasteiger partial charge in [0.05, 0.1) is 26.4 Å². The van der Waals surface area contributed by atoms with Crippen molar-refractivity contribution in [2.75, 3.05) is 20.3 Å². The minimum Gasteiger partial charge on any atom is -0.493 e. The summed E-state index contributed by atoms with van der Waals surface area (Å²) in [7, 11) is 1.48. The van der Waals surface area contributed by atoms with Gasteiger partial charge in [0.25, 0.3) is 0 Å². The Kier molecular flexibility index (Phi) is 8.33. The number of carbonyl (C=O) groups excluding carboxylic acids is 1. The number of methoxy groups -OCH3 is 1. The van der Waals surface area contributed by atoms with Gasteiger partial charge in [-0.3, -0.25) is 0 Å². The molecule has 0 spiro atoms. The van der Waals surface area contributed by atoms with E-state index >= 15 is 0 Å². The van der Waals surface area contributed by atoms with E-state index in [0.717, 1.165) is 11.1 Å². The number of allylic oxidation sites excluding steroid dienone is 1. The SMILES string of the molecule is CCOc1ccc(/C=C/C(=O)Oc2ccc(/C=C\C#N)cc2OC)cc1OCC. The lowest BCUT2D eigenvalue weighted by Crippen LogP contribution is -2.05. The molecule has 2 aromatic rings. The van der Waals surface area contributed by atoms with E-state index in [-0.39, 0.29) is 5.75 Å². The van der Waals surface area contributed by atoms with E-state index < -0.39 is 5.97 Å². The Morgan fingerprint density at radius 2 is 1.55 bits per heavy atom. The second-order valence-electron chi connectivity index (χ2n) is 5.70. The minimum absolute atomic E-state index is 0.290. The van der Waals surface area contributed by atoms with Crippen molar-refractivity contribution in [2.24, 2.45) is 0 Å². The molecule has 0 atom stereocenters. The van der Waals surface area contributed by atoms with Crippen molar-refractivity contribution in [2.45, 2.75) is 13.8 Å². The van der Waals surface area contributed by atoms with Crippen molar-refractivity contribution in [3.63, 3.8) is 0 Å². The number of hydrogen-bond acceptors (Lipinski definition) is 6. The smallest absolute Gasteiger partial charge is 0.336 e. The molecule has 0 aromatic heterocycles. The fourth-order valence-corrected chi connectivity index (χ4v) is 2.48. The first-order valence-corrected chi connectivity index (χ1v) is 9.15. The molecule has 0 N–H and O–H groups in total. The van der Waals surface area contributed by atoms with Crippen LogP contribution in [-0.4, -0.2) is 26.3 Å². The Morgan fingerprint density at radius 1 is 0.931 bits per heavy atom. The summed E-state index contributed by atoms with van der Waals surface area (Å²) in [5.74, 6) is 1.41. The van der Waals surface area contributed by atoms with E-state index in [4.69, 9.17) is 24.2 Å². The molecule has 6 nitrogen and oxygen atoms in total. The van der Waals surface area contributed by atoms with Crippen LogP contribution in [0.25, 0.3) is 12.2 Å². The molecular formula is C23H23NO5. The van der Waals surface area contributed by atoms with Crippen molar-refractivity contribution >= 4 is 18.1 Å². The summed E-state index contributed by atoms with van der Waals surface area (Å²) >= 11 is 0. The van der Waals surface area contributed by atoms with E-state index in [2.05, 4.69) is 0 Å². The molecule has 2 aromatic carbocycles. The van der Waals surface area contributed by atoms with Gasteiger partial charge in [0, 0.05) is 12.2 Å². The molecule has 29 heavy (non-hydrogen) atoms. The minimum atomic E-state index is -0.546. The third kappa shape index (κ3) is 6.43. The molecule has 0 saturated carbocycles. The van der Waals surface area contributed by atoms with E-state index in [9.17, 15) is 4.79 Å². The van der Waals surface area contributed by atoms with Crippen molar-refractivity contribution in [3.8, 4) is 29.1 Å². The lowest BCUT2D eigenvalue weighted by molar-refractivity contribution is -0.129. The van der Waals surface area contributed by atoms with Crippen LogP contribution in [0.2, 0.25) is 0 Å². The van der Waals surface area contributed by atoms with E-state index in [0.29, 0.717) is 30.5 Å². The highest BCUT2D eigenvalue weighted by atomic mass is 16.6. The molecule has 0 aliphatic rings. The quantitative estimate of drug-likeness (QED) is 0.267. The lowest BCUT2D eigenvalue weighted by Gasteiger charge is -2.11. The number of carbonyl (C=O) groups is 1. The number of benzene rings is 2. The number of esters is 1.